The van der Waals surface area contributed by atoms with Crippen LogP contribution in [0.5, 0.6) is 0 Å². The molecule has 0 aromatic heterocycles. The van der Waals surface area contributed by atoms with Gasteiger partial charge in [-0.2, -0.15) is 0 Å². The number of fused-ring (bicyclic) bond motifs is 1. The second kappa shape index (κ2) is 8.22. The van der Waals surface area contributed by atoms with E-state index in [0.29, 0.717) is 0 Å². The summed E-state index contributed by atoms with van der Waals surface area (Å²) in [6.45, 7) is 0. The Kier molecular flexibility index (Phi) is 5.62. The number of hydrogen-bond donors (Lipinski definition) is 2. The normalized spacial score (nSPS) is 11.9. The fourth-order valence-electron chi connectivity index (χ4n) is 3.00. The highest BCUT2D eigenvalue weighted by molar-refractivity contribution is 7.93. The Balaban J connectivity index is 1.55. The summed E-state index contributed by atoms with van der Waals surface area (Å²) >= 11 is 6.01. The van der Waals surface area contributed by atoms with Gasteiger partial charge in [0.15, 0.2) is 0 Å². The van der Waals surface area contributed by atoms with E-state index < -0.39 is 20.0 Å². The lowest BCUT2D eigenvalue weighted by Crippen LogP contribution is -2.14. The summed E-state index contributed by atoms with van der Waals surface area (Å²) in [7, 11) is -7.72. The summed E-state index contributed by atoms with van der Waals surface area (Å²) in [5.74, 6) is 0. The molecule has 4 aromatic carbocycles. The number of anilines is 2. The van der Waals surface area contributed by atoms with E-state index in [9.17, 15) is 16.8 Å². The highest BCUT2D eigenvalue weighted by Gasteiger charge is 2.18. The molecule has 31 heavy (non-hydrogen) atoms. The summed E-state index contributed by atoms with van der Waals surface area (Å²) < 4.78 is 55.6. The van der Waals surface area contributed by atoms with Gasteiger partial charge in [-0.3, -0.25) is 9.44 Å². The molecule has 0 fully saturated rings. The van der Waals surface area contributed by atoms with Gasteiger partial charge >= 0.3 is 0 Å². The van der Waals surface area contributed by atoms with E-state index in [0.717, 1.165) is 10.8 Å². The molecule has 2 N–H and O–H groups in total. The molecule has 0 unspecified atom stereocenters. The van der Waals surface area contributed by atoms with Crippen molar-refractivity contribution in [3.63, 3.8) is 0 Å². The van der Waals surface area contributed by atoms with E-state index in [2.05, 4.69) is 9.44 Å². The van der Waals surface area contributed by atoms with Crippen LogP contribution in [0.1, 0.15) is 0 Å². The molecule has 0 amide bonds. The number of hydrogen-bond acceptors (Lipinski definition) is 4. The summed E-state index contributed by atoms with van der Waals surface area (Å²) in [6, 6.07) is 24.2. The largest absolute Gasteiger partial charge is 0.280 e. The highest BCUT2D eigenvalue weighted by Crippen LogP contribution is 2.25. The molecule has 0 spiro atoms. The molecule has 158 valence electrons. The van der Waals surface area contributed by atoms with Crippen LogP contribution in [-0.2, 0) is 20.0 Å². The molecule has 0 saturated carbocycles. The van der Waals surface area contributed by atoms with E-state index >= 15 is 0 Å². The number of sulfonamides is 2. The van der Waals surface area contributed by atoms with Crippen molar-refractivity contribution >= 4 is 53.8 Å². The van der Waals surface area contributed by atoms with E-state index in [1.54, 1.807) is 36.4 Å². The summed E-state index contributed by atoms with van der Waals surface area (Å²) in [6.07, 6.45) is 0. The van der Waals surface area contributed by atoms with Crippen molar-refractivity contribution in [3.05, 3.63) is 96.0 Å². The van der Waals surface area contributed by atoms with Crippen LogP contribution in [0.4, 0.5) is 11.4 Å². The zero-order valence-corrected chi connectivity index (χ0v) is 18.4. The van der Waals surface area contributed by atoms with Gasteiger partial charge in [0.05, 0.1) is 20.5 Å². The number of halogens is 1. The van der Waals surface area contributed by atoms with Crippen LogP contribution >= 0.6 is 11.6 Å². The monoisotopic (exact) mass is 472 g/mol. The second-order valence-electron chi connectivity index (χ2n) is 6.72. The van der Waals surface area contributed by atoms with Crippen LogP contribution in [0.3, 0.4) is 0 Å². The Labute approximate surface area is 185 Å². The Hall–Kier alpha value is -3.07. The van der Waals surface area contributed by atoms with Gasteiger partial charge in [0.25, 0.3) is 20.0 Å². The van der Waals surface area contributed by atoms with Crippen molar-refractivity contribution in [2.75, 3.05) is 9.44 Å². The first-order chi connectivity index (χ1) is 14.7. The van der Waals surface area contributed by atoms with Gasteiger partial charge in [-0.15, -0.1) is 0 Å². The minimum Gasteiger partial charge on any atom is -0.280 e. The molecule has 0 atom stereocenters. The Bertz CT molecular complexity index is 1470. The number of benzene rings is 4. The molecule has 0 aliphatic carbocycles. The Morgan fingerprint density at radius 2 is 1.16 bits per heavy atom. The number of nitrogens with one attached hydrogen (secondary N) is 2. The third-order valence-corrected chi connectivity index (χ3v) is 7.66. The molecule has 4 aromatic rings. The van der Waals surface area contributed by atoms with Crippen molar-refractivity contribution in [3.8, 4) is 0 Å². The quantitative estimate of drug-likeness (QED) is 0.408. The number of para-hydroxylation sites is 1. The summed E-state index contributed by atoms with van der Waals surface area (Å²) in [5.41, 5.74) is 0.495. The first-order valence-electron chi connectivity index (χ1n) is 9.14. The third-order valence-electron chi connectivity index (χ3n) is 4.57. The lowest BCUT2D eigenvalue weighted by atomic mass is 10.1. The van der Waals surface area contributed by atoms with Gasteiger partial charge in [0.2, 0.25) is 0 Å². The van der Waals surface area contributed by atoms with Crippen LogP contribution in [0.2, 0.25) is 5.02 Å². The van der Waals surface area contributed by atoms with Gasteiger partial charge in [-0.05, 0) is 59.3 Å². The SMILES string of the molecule is O=S(=O)(Nc1ccc(S(=O)(=O)Nc2ccccc2Cl)cc1)c1ccc2ccccc2c1. The van der Waals surface area contributed by atoms with Crippen molar-refractivity contribution in [2.45, 2.75) is 9.79 Å². The molecule has 0 aliphatic heterocycles. The molecule has 9 heteroatoms. The predicted octanol–water partition coefficient (Wildman–Crippen LogP) is 5.09. The maximum absolute atomic E-state index is 12.7. The van der Waals surface area contributed by atoms with Crippen LogP contribution in [0.25, 0.3) is 10.8 Å². The molecule has 4 rings (SSSR count). The van der Waals surface area contributed by atoms with Crippen molar-refractivity contribution in [1.29, 1.82) is 0 Å². The molecule has 6 nitrogen and oxygen atoms in total. The standard InChI is InChI=1S/C22H17ClN2O4S2/c23-21-7-3-4-8-22(21)25-30(26,27)19-13-10-18(11-14-19)24-31(28,29)20-12-9-16-5-1-2-6-17(16)15-20/h1-15,24-25H. The lowest BCUT2D eigenvalue weighted by Gasteiger charge is -2.11. The number of rotatable bonds is 6. The molecular weight excluding hydrogens is 456 g/mol. The molecule has 0 bridgehead atoms. The van der Waals surface area contributed by atoms with Gasteiger partial charge in [-0.1, -0.05) is 54.1 Å². The van der Waals surface area contributed by atoms with Gasteiger partial charge in [-0.25, -0.2) is 16.8 Å². The Morgan fingerprint density at radius 3 is 1.87 bits per heavy atom. The zero-order chi connectivity index (χ0) is 22.1. The first kappa shape index (κ1) is 21.2. The highest BCUT2D eigenvalue weighted by atomic mass is 35.5. The first-order valence-corrected chi connectivity index (χ1v) is 12.5. The zero-order valence-electron chi connectivity index (χ0n) is 16.0. The Morgan fingerprint density at radius 1 is 0.581 bits per heavy atom. The van der Waals surface area contributed by atoms with Crippen LogP contribution in [0.15, 0.2) is 101 Å². The van der Waals surface area contributed by atoms with E-state index in [1.165, 1.54) is 30.3 Å². The minimum atomic E-state index is -3.88. The second-order valence-corrected chi connectivity index (χ2v) is 10.5. The average molecular weight is 473 g/mol. The smallest absolute Gasteiger partial charge is 0.261 e. The van der Waals surface area contributed by atoms with Gasteiger partial charge < -0.3 is 0 Å². The van der Waals surface area contributed by atoms with Crippen molar-refractivity contribution in [2.24, 2.45) is 0 Å². The summed E-state index contributed by atoms with van der Waals surface area (Å²) in [5, 5.41) is 2.00. The van der Waals surface area contributed by atoms with Crippen molar-refractivity contribution < 1.29 is 16.8 Å². The minimum absolute atomic E-state index is 0.0268. The van der Waals surface area contributed by atoms with E-state index in [1.807, 2.05) is 24.3 Å². The van der Waals surface area contributed by atoms with Crippen molar-refractivity contribution in [1.82, 2.24) is 0 Å². The predicted molar refractivity (Wildman–Crippen MR) is 123 cm³/mol. The fraction of sp³-hybridized carbons (Fsp3) is 0. The maximum Gasteiger partial charge on any atom is 0.261 e. The molecule has 0 radical (unpaired) electrons. The van der Waals surface area contributed by atoms with E-state index in [4.69, 9.17) is 11.6 Å². The maximum atomic E-state index is 12.7. The summed E-state index contributed by atoms with van der Waals surface area (Å²) in [4.78, 5) is 0.0874. The van der Waals surface area contributed by atoms with Crippen LogP contribution in [-0.4, -0.2) is 16.8 Å². The van der Waals surface area contributed by atoms with Crippen LogP contribution < -0.4 is 9.44 Å². The topological polar surface area (TPSA) is 92.3 Å². The lowest BCUT2D eigenvalue weighted by molar-refractivity contribution is 0.600. The van der Waals surface area contributed by atoms with Crippen LogP contribution in [0, 0.1) is 0 Å². The molecular formula is C22H17ClN2O4S2. The fourth-order valence-corrected chi connectivity index (χ4v) is 5.41. The third kappa shape index (κ3) is 4.66. The molecule has 0 aliphatic rings. The molecule has 0 heterocycles. The van der Waals surface area contributed by atoms with Gasteiger partial charge in [0.1, 0.15) is 0 Å². The van der Waals surface area contributed by atoms with E-state index in [-0.39, 0.29) is 26.2 Å². The van der Waals surface area contributed by atoms with Gasteiger partial charge in [0, 0.05) is 5.69 Å². The molecule has 0 saturated heterocycles. The average Bonchev–Trinajstić information content (AvgIpc) is 2.75.